The standard InChI is InChI=1S/C17H26/c1-13(2)11-17(12-14(3)4)10-9-15-7-5-6-8-16(15)17/h5-8,13-14H,9-12H2,1-4H3. The molecule has 0 aromatic heterocycles. The van der Waals surface area contributed by atoms with E-state index < -0.39 is 0 Å². The van der Waals surface area contributed by atoms with Gasteiger partial charge in [0, 0.05) is 0 Å². The molecule has 0 amide bonds. The van der Waals surface area contributed by atoms with Crippen LogP contribution in [-0.4, -0.2) is 0 Å². The van der Waals surface area contributed by atoms with Crippen molar-refractivity contribution in [1.29, 1.82) is 0 Å². The van der Waals surface area contributed by atoms with Gasteiger partial charge in [-0.2, -0.15) is 0 Å². The molecule has 0 aliphatic heterocycles. The molecular formula is C17H26. The van der Waals surface area contributed by atoms with E-state index in [1.807, 2.05) is 0 Å². The van der Waals surface area contributed by atoms with Crippen molar-refractivity contribution in [3.8, 4) is 0 Å². The Labute approximate surface area is 106 Å². The minimum atomic E-state index is 0.471. The molecule has 0 unspecified atom stereocenters. The number of hydrogen-bond acceptors (Lipinski definition) is 0. The van der Waals surface area contributed by atoms with Gasteiger partial charge in [-0.15, -0.1) is 0 Å². The summed E-state index contributed by atoms with van der Waals surface area (Å²) in [4.78, 5) is 0. The molecule has 0 atom stereocenters. The zero-order valence-electron chi connectivity index (χ0n) is 11.8. The first kappa shape index (κ1) is 12.7. The van der Waals surface area contributed by atoms with Crippen LogP contribution < -0.4 is 0 Å². The van der Waals surface area contributed by atoms with E-state index in [1.165, 1.54) is 25.7 Å². The molecule has 0 fully saturated rings. The highest BCUT2D eigenvalue weighted by molar-refractivity contribution is 5.39. The molecule has 0 spiro atoms. The van der Waals surface area contributed by atoms with E-state index in [1.54, 1.807) is 11.1 Å². The highest BCUT2D eigenvalue weighted by atomic mass is 14.4. The van der Waals surface area contributed by atoms with Gasteiger partial charge in [-0.05, 0) is 54.1 Å². The lowest BCUT2D eigenvalue weighted by Crippen LogP contribution is -2.27. The van der Waals surface area contributed by atoms with Gasteiger partial charge in [-0.3, -0.25) is 0 Å². The molecule has 0 N–H and O–H groups in total. The number of rotatable bonds is 4. The predicted molar refractivity (Wildman–Crippen MR) is 75.4 cm³/mol. The Morgan fingerprint density at radius 1 is 1.00 bits per heavy atom. The second-order valence-electron chi connectivity index (χ2n) is 6.63. The molecule has 0 bridgehead atoms. The van der Waals surface area contributed by atoms with Gasteiger partial charge in [-0.1, -0.05) is 52.0 Å². The first-order valence-corrected chi connectivity index (χ1v) is 7.12. The maximum absolute atomic E-state index is 2.38. The molecule has 1 aromatic rings. The monoisotopic (exact) mass is 230 g/mol. The van der Waals surface area contributed by atoms with E-state index in [0.717, 1.165) is 11.8 Å². The molecule has 1 aliphatic rings. The smallest absolute Gasteiger partial charge is 0.00362 e. The summed E-state index contributed by atoms with van der Waals surface area (Å²) in [6, 6.07) is 9.13. The maximum Gasteiger partial charge on any atom is -0.00362 e. The summed E-state index contributed by atoms with van der Waals surface area (Å²) in [5.41, 5.74) is 3.73. The third-order valence-electron chi connectivity index (χ3n) is 4.06. The van der Waals surface area contributed by atoms with Crippen LogP contribution >= 0.6 is 0 Å². The zero-order chi connectivity index (χ0) is 12.5. The van der Waals surface area contributed by atoms with E-state index in [9.17, 15) is 0 Å². The molecule has 0 nitrogen and oxygen atoms in total. The van der Waals surface area contributed by atoms with Crippen molar-refractivity contribution in [2.75, 3.05) is 0 Å². The van der Waals surface area contributed by atoms with Crippen molar-refractivity contribution < 1.29 is 0 Å². The summed E-state index contributed by atoms with van der Waals surface area (Å²) < 4.78 is 0. The largest absolute Gasteiger partial charge is 0.0627 e. The van der Waals surface area contributed by atoms with Crippen LogP contribution in [0, 0.1) is 11.8 Å². The molecule has 1 aromatic carbocycles. The number of hydrogen-bond donors (Lipinski definition) is 0. The Balaban J connectivity index is 2.35. The quantitative estimate of drug-likeness (QED) is 0.685. The molecule has 0 saturated heterocycles. The van der Waals surface area contributed by atoms with Gasteiger partial charge in [-0.25, -0.2) is 0 Å². The summed E-state index contributed by atoms with van der Waals surface area (Å²) in [6.45, 7) is 9.46. The summed E-state index contributed by atoms with van der Waals surface area (Å²) in [5, 5.41) is 0. The molecule has 1 aliphatic carbocycles. The minimum absolute atomic E-state index is 0.471. The average Bonchev–Trinajstić information content (AvgIpc) is 2.56. The minimum Gasteiger partial charge on any atom is -0.0627 e. The van der Waals surface area contributed by atoms with Crippen molar-refractivity contribution >= 4 is 0 Å². The summed E-state index contributed by atoms with van der Waals surface area (Å²) >= 11 is 0. The fraction of sp³-hybridized carbons (Fsp3) is 0.647. The van der Waals surface area contributed by atoms with E-state index in [4.69, 9.17) is 0 Å². The van der Waals surface area contributed by atoms with Gasteiger partial charge >= 0.3 is 0 Å². The van der Waals surface area contributed by atoms with Gasteiger partial charge in [0.1, 0.15) is 0 Å². The number of aryl methyl sites for hydroxylation is 1. The Hall–Kier alpha value is -0.780. The van der Waals surface area contributed by atoms with Crippen LogP contribution in [0.25, 0.3) is 0 Å². The third kappa shape index (κ3) is 2.56. The average molecular weight is 230 g/mol. The first-order valence-electron chi connectivity index (χ1n) is 7.12. The van der Waals surface area contributed by atoms with Crippen LogP contribution in [0.3, 0.4) is 0 Å². The van der Waals surface area contributed by atoms with Crippen LogP contribution in [0.2, 0.25) is 0 Å². The Kier molecular flexibility index (Phi) is 3.61. The van der Waals surface area contributed by atoms with E-state index in [0.29, 0.717) is 5.41 Å². The highest BCUT2D eigenvalue weighted by Crippen LogP contribution is 2.47. The molecule has 2 rings (SSSR count). The Bertz CT molecular complexity index is 363. The van der Waals surface area contributed by atoms with Crippen LogP contribution in [0.5, 0.6) is 0 Å². The first-order chi connectivity index (χ1) is 8.03. The van der Waals surface area contributed by atoms with Crippen molar-refractivity contribution in [3.05, 3.63) is 35.4 Å². The van der Waals surface area contributed by atoms with E-state index in [-0.39, 0.29) is 0 Å². The molecule has 0 heteroatoms. The Morgan fingerprint density at radius 3 is 2.18 bits per heavy atom. The third-order valence-corrected chi connectivity index (χ3v) is 4.06. The molecule has 17 heavy (non-hydrogen) atoms. The van der Waals surface area contributed by atoms with Crippen molar-refractivity contribution in [2.24, 2.45) is 11.8 Å². The van der Waals surface area contributed by atoms with Crippen LogP contribution in [-0.2, 0) is 11.8 Å². The zero-order valence-corrected chi connectivity index (χ0v) is 11.8. The second-order valence-corrected chi connectivity index (χ2v) is 6.63. The molecule has 0 radical (unpaired) electrons. The number of benzene rings is 1. The van der Waals surface area contributed by atoms with Crippen molar-refractivity contribution in [1.82, 2.24) is 0 Å². The van der Waals surface area contributed by atoms with Crippen LogP contribution in [0.15, 0.2) is 24.3 Å². The second kappa shape index (κ2) is 4.84. The van der Waals surface area contributed by atoms with Gasteiger partial charge in [0.15, 0.2) is 0 Å². The van der Waals surface area contributed by atoms with Gasteiger partial charge in [0.25, 0.3) is 0 Å². The lowest BCUT2D eigenvalue weighted by atomic mass is 9.70. The highest BCUT2D eigenvalue weighted by Gasteiger charge is 2.38. The predicted octanol–water partition coefficient (Wildman–Crippen LogP) is 4.96. The maximum atomic E-state index is 2.38. The van der Waals surface area contributed by atoms with Crippen molar-refractivity contribution in [2.45, 2.75) is 58.8 Å². The van der Waals surface area contributed by atoms with Crippen LogP contribution in [0.1, 0.15) is 58.1 Å². The fourth-order valence-electron chi connectivity index (χ4n) is 3.83. The van der Waals surface area contributed by atoms with Gasteiger partial charge in [0.05, 0.1) is 0 Å². The number of fused-ring (bicyclic) bond motifs is 1. The van der Waals surface area contributed by atoms with Crippen molar-refractivity contribution in [3.63, 3.8) is 0 Å². The lowest BCUT2D eigenvalue weighted by Gasteiger charge is -2.34. The Morgan fingerprint density at radius 2 is 1.59 bits per heavy atom. The summed E-state index contributed by atoms with van der Waals surface area (Å²) in [6.07, 6.45) is 5.35. The van der Waals surface area contributed by atoms with Gasteiger partial charge in [0.2, 0.25) is 0 Å². The lowest BCUT2D eigenvalue weighted by molar-refractivity contribution is 0.280. The summed E-state index contributed by atoms with van der Waals surface area (Å²) in [5.74, 6) is 1.58. The summed E-state index contributed by atoms with van der Waals surface area (Å²) in [7, 11) is 0. The molecule has 0 saturated carbocycles. The molecule has 0 heterocycles. The van der Waals surface area contributed by atoms with E-state index >= 15 is 0 Å². The van der Waals surface area contributed by atoms with Crippen LogP contribution in [0.4, 0.5) is 0 Å². The molecular weight excluding hydrogens is 204 g/mol. The topological polar surface area (TPSA) is 0 Å². The molecule has 94 valence electrons. The van der Waals surface area contributed by atoms with Gasteiger partial charge < -0.3 is 0 Å². The normalized spacial score (nSPS) is 17.8. The van der Waals surface area contributed by atoms with E-state index in [2.05, 4.69) is 52.0 Å². The SMILES string of the molecule is CC(C)CC1(CC(C)C)CCc2ccccc21. The fourth-order valence-corrected chi connectivity index (χ4v) is 3.83.